The molecule has 0 atom stereocenters. The molecule has 2 spiro atoms. The molecule has 4 heteroatoms. The SMILES string of the molecule is CCN1C(=O)c2ccccc2NC12CCC1(CCOCC1)CC2. The molecule has 2 fully saturated rings. The number of ether oxygens (including phenoxy) is 1. The molecule has 4 rings (SSSR count). The van der Waals surface area contributed by atoms with Gasteiger partial charge >= 0.3 is 0 Å². The first kappa shape index (κ1) is 15.0. The molecule has 2 heterocycles. The fourth-order valence-corrected chi connectivity index (χ4v) is 4.78. The normalized spacial score (nSPS) is 25.3. The van der Waals surface area contributed by atoms with Gasteiger partial charge in [0.25, 0.3) is 5.91 Å². The van der Waals surface area contributed by atoms with Gasteiger partial charge in [0.2, 0.25) is 0 Å². The maximum atomic E-state index is 13.0. The zero-order valence-corrected chi connectivity index (χ0v) is 13.9. The van der Waals surface area contributed by atoms with Gasteiger partial charge in [0.1, 0.15) is 5.66 Å². The van der Waals surface area contributed by atoms with Gasteiger partial charge in [0.05, 0.1) is 5.56 Å². The van der Waals surface area contributed by atoms with Gasteiger partial charge in [0.15, 0.2) is 0 Å². The molecule has 1 aromatic carbocycles. The minimum absolute atomic E-state index is 0.185. The number of fused-ring (bicyclic) bond motifs is 1. The van der Waals surface area contributed by atoms with Crippen LogP contribution in [0.2, 0.25) is 0 Å². The highest BCUT2D eigenvalue weighted by atomic mass is 16.5. The van der Waals surface area contributed by atoms with Crippen LogP contribution >= 0.6 is 0 Å². The lowest BCUT2D eigenvalue weighted by Gasteiger charge is -2.54. The summed E-state index contributed by atoms with van der Waals surface area (Å²) < 4.78 is 5.56. The summed E-state index contributed by atoms with van der Waals surface area (Å²) in [6.45, 7) is 4.66. The number of hydrogen-bond acceptors (Lipinski definition) is 3. The predicted octanol–water partition coefficient (Wildman–Crippen LogP) is 3.64. The van der Waals surface area contributed by atoms with Crippen LogP contribution in [0.15, 0.2) is 24.3 Å². The summed E-state index contributed by atoms with van der Waals surface area (Å²) in [4.78, 5) is 15.0. The second-order valence-corrected chi connectivity index (χ2v) is 7.36. The lowest BCUT2D eigenvalue weighted by atomic mass is 9.65. The van der Waals surface area contributed by atoms with Crippen LogP contribution in [0.3, 0.4) is 0 Å². The second-order valence-electron chi connectivity index (χ2n) is 7.36. The molecule has 0 aromatic heterocycles. The molecule has 124 valence electrons. The Hall–Kier alpha value is -1.55. The van der Waals surface area contributed by atoms with Crippen molar-refractivity contribution in [1.82, 2.24) is 4.90 Å². The minimum Gasteiger partial charge on any atom is -0.381 e. The Labute approximate surface area is 138 Å². The number of nitrogens with one attached hydrogen (secondary N) is 1. The van der Waals surface area contributed by atoms with Crippen molar-refractivity contribution in [3.63, 3.8) is 0 Å². The van der Waals surface area contributed by atoms with Gasteiger partial charge in [0, 0.05) is 25.4 Å². The lowest BCUT2D eigenvalue weighted by Crippen LogP contribution is -2.62. The van der Waals surface area contributed by atoms with Crippen LogP contribution in [0.25, 0.3) is 0 Å². The van der Waals surface area contributed by atoms with E-state index < -0.39 is 0 Å². The summed E-state index contributed by atoms with van der Waals surface area (Å²) in [6, 6.07) is 7.93. The van der Waals surface area contributed by atoms with Gasteiger partial charge < -0.3 is 15.0 Å². The van der Waals surface area contributed by atoms with E-state index in [0.29, 0.717) is 5.41 Å². The van der Waals surface area contributed by atoms with Crippen molar-refractivity contribution >= 4 is 11.6 Å². The van der Waals surface area contributed by atoms with E-state index in [4.69, 9.17) is 4.74 Å². The molecule has 0 bridgehead atoms. The number of amides is 1. The molecule has 1 aromatic rings. The topological polar surface area (TPSA) is 41.6 Å². The minimum atomic E-state index is -0.191. The number of carbonyl (C=O) groups excluding carboxylic acids is 1. The molecule has 0 unspecified atom stereocenters. The van der Waals surface area contributed by atoms with Crippen molar-refractivity contribution in [2.75, 3.05) is 25.1 Å². The molecule has 1 amide bonds. The van der Waals surface area contributed by atoms with Crippen molar-refractivity contribution in [2.45, 2.75) is 51.1 Å². The van der Waals surface area contributed by atoms with Crippen molar-refractivity contribution in [3.8, 4) is 0 Å². The summed E-state index contributed by atoms with van der Waals surface area (Å²) in [5, 5.41) is 3.74. The lowest BCUT2D eigenvalue weighted by molar-refractivity contribution is -0.0357. The first-order valence-electron chi connectivity index (χ1n) is 8.95. The highest BCUT2D eigenvalue weighted by Crippen LogP contribution is 2.50. The largest absolute Gasteiger partial charge is 0.381 e. The van der Waals surface area contributed by atoms with E-state index in [0.717, 1.165) is 43.9 Å². The summed E-state index contributed by atoms with van der Waals surface area (Å²) in [5.74, 6) is 0.185. The summed E-state index contributed by atoms with van der Waals surface area (Å²) in [6.07, 6.45) is 6.83. The van der Waals surface area contributed by atoms with Gasteiger partial charge in [-0.3, -0.25) is 4.79 Å². The van der Waals surface area contributed by atoms with Crippen molar-refractivity contribution in [1.29, 1.82) is 0 Å². The van der Waals surface area contributed by atoms with Crippen LogP contribution in [0.4, 0.5) is 5.69 Å². The molecule has 0 radical (unpaired) electrons. The van der Waals surface area contributed by atoms with Crippen LogP contribution in [0, 0.1) is 5.41 Å². The fourth-order valence-electron chi connectivity index (χ4n) is 4.78. The maximum Gasteiger partial charge on any atom is 0.257 e. The monoisotopic (exact) mass is 314 g/mol. The third kappa shape index (κ3) is 2.35. The van der Waals surface area contributed by atoms with Crippen LogP contribution in [0.1, 0.15) is 55.8 Å². The standard InChI is InChI=1S/C19H26N2O2/c1-2-21-17(22)15-5-3-4-6-16(15)20-19(21)9-7-18(8-10-19)11-13-23-14-12-18/h3-6,20H,2,7-14H2,1H3. The quantitative estimate of drug-likeness (QED) is 0.860. The van der Waals surface area contributed by atoms with E-state index in [-0.39, 0.29) is 11.6 Å². The molecule has 1 N–H and O–H groups in total. The van der Waals surface area contributed by atoms with Gasteiger partial charge in [-0.1, -0.05) is 12.1 Å². The number of rotatable bonds is 1. The Kier molecular flexibility index (Phi) is 3.60. The van der Waals surface area contributed by atoms with E-state index in [1.54, 1.807) is 0 Å². The number of anilines is 1. The first-order valence-corrected chi connectivity index (χ1v) is 8.95. The van der Waals surface area contributed by atoms with Crippen molar-refractivity contribution in [2.24, 2.45) is 5.41 Å². The van der Waals surface area contributed by atoms with Crippen molar-refractivity contribution < 1.29 is 9.53 Å². The predicted molar refractivity (Wildman–Crippen MR) is 90.5 cm³/mol. The third-order valence-corrected chi connectivity index (χ3v) is 6.29. The molecule has 23 heavy (non-hydrogen) atoms. The molecule has 1 aliphatic carbocycles. The third-order valence-electron chi connectivity index (χ3n) is 6.29. The van der Waals surface area contributed by atoms with E-state index in [1.807, 2.05) is 24.3 Å². The van der Waals surface area contributed by atoms with Crippen molar-refractivity contribution in [3.05, 3.63) is 29.8 Å². The second kappa shape index (κ2) is 5.52. The average molecular weight is 314 g/mol. The maximum absolute atomic E-state index is 13.0. The highest BCUT2D eigenvalue weighted by molar-refractivity contribution is 6.02. The molecule has 4 nitrogen and oxygen atoms in total. The van der Waals surface area contributed by atoms with Crippen LogP contribution in [-0.4, -0.2) is 36.2 Å². The Morgan fingerprint density at radius 3 is 2.48 bits per heavy atom. The Morgan fingerprint density at radius 1 is 1.09 bits per heavy atom. The highest BCUT2D eigenvalue weighted by Gasteiger charge is 2.49. The molecule has 1 saturated heterocycles. The van der Waals surface area contributed by atoms with Gasteiger partial charge in [-0.15, -0.1) is 0 Å². The Morgan fingerprint density at radius 2 is 1.78 bits per heavy atom. The van der Waals surface area contributed by atoms with Gasteiger partial charge in [-0.2, -0.15) is 0 Å². The molecule has 1 saturated carbocycles. The van der Waals surface area contributed by atoms with Crippen LogP contribution in [0.5, 0.6) is 0 Å². The molecular formula is C19H26N2O2. The van der Waals surface area contributed by atoms with Crippen LogP contribution in [-0.2, 0) is 4.74 Å². The summed E-state index contributed by atoms with van der Waals surface area (Å²) in [5.41, 5.74) is 2.07. The smallest absolute Gasteiger partial charge is 0.257 e. The van der Waals surface area contributed by atoms with E-state index in [1.165, 1.54) is 25.7 Å². The number of nitrogens with zero attached hydrogens (tertiary/aromatic N) is 1. The zero-order chi connectivity index (χ0) is 15.9. The number of benzene rings is 1. The van der Waals surface area contributed by atoms with Gasteiger partial charge in [-0.25, -0.2) is 0 Å². The molecule has 2 aliphatic heterocycles. The Bertz CT molecular complexity index is 597. The zero-order valence-electron chi connectivity index (χ0n) is 13.9. The number of para-hydroxylation sites is 1. The van der Waals surface area contributed by atoms with E-state index in [9.17, 15) is 4.79 Å². The number of hydrogen-bond donors (Lipinski definition) is 1. The van der Waals surface area contributed by atoms with E-state index in [2.05, 4.69) is 17.1 Å². The first-order chi connectivity index (χ1) is 11.2. The summed E-state index contributed by atoms with van der Waals surface area (Å²) >= 11 is 0. The van der Waals surface area contributed by atoms with Crippen LogP contribution < -0.4 is 5.32 Å². The molecule has 3 aliphatic rings. The number of carbonyl (C=O) groups is 1. The average Bonchev–Trinajstić information content (AvgIpc) is 2.59. The summed E-state index contributed by atoms with van der Waals surface area (Å²) in [7, 11) is 0. The Balaban J connectivity index is 1.62. The van der Waals surface area contributed by atoms with Gasteiger partial charge in [-0.05, 0) is 63.0 Å². The van der Waals surface area contributed by atoms with E-state index >= 15 is 0 Å². The fraction of sp³-hybridized carbons (Fsp3) is 0.632. The molecular weight excluding hydrogens is 288 g/mol.